The minimum Gasteiger partial charge on any atom is -0.391 e. The molecule has 0 aliphatic carbocycles. The Balaban J connectivity index is 3.13. The van der Waals surface area contributed by atoms with Gasteiger partial charge in [0.2, 0.25) is 0 Å². The van der Waals surface area contributed by atoms with Crippen molar-refractivity contribution in [2.45, 2.75) is 12.1 Å². The summed E-state index contributed by atoms with van der Waals surface area (Å²) < 4.78 is 0. The molecule has 0 fully saturated rings. The van der Waals surface area contributed by atoms with Crippen LogP contribution in [-0.4, -0.2) is 15.7 Å². The number of nitrogens with one attached hydrogen (secondary N) is 1. The van der Waals surface area contributed by atoms with Crippen LogP contribution in [0.5, 0.6) is 0 Å². The van der Waals surface area contributed by atoms with Crippen LogP contribution in [0.3, 0.4) is 0 Å². The maximum atomic E-state index is 11.0. The van der Waals surface area contributed by atoms with E-state index in [0.717, 1.165) is 5.75 Å². The SMILES string of the molecule is CCSc1nc(N)c(N)c(=O)[nH]1. The molecule has 0 unspecified atom stereocenters. The molecule has 66 valence electrons. The summed E-state index contributed by atoms with van der Waals surface area (Å²) in [7, 11) is 0. The van der Waals surface area contributed by atoms with Crippen LogP contribution in [0.2, 0.25) is 0 Å². The smallest absolute Gasteiger partial charge is 0.276 e. The lowest BCUT2D eigenvalue weighted by Gasteiger charge is -2.00. The zero-order chi connectivity index (χ0) is 9.14. The monoisotopic (exact) mass is 186 g/mol. The van der Waals surface area contributed by atoms with E-state index in [9.17, 15) is 4.79 Å². The van der Waals surface area contributed by atoms with E-state index >= 15 is 0 Å². The van der Waals surface area contributed by atoms with Gasteiger partial charge in [-0.15, -0.1) is 0 Å². The molecule has 1 aromatic heterocycles. The van der Waals surface area contributed by atoms with Crippen LogP contribution < -0.4 is 17.0 Å². The van der Waals surface area contributed by atoms with E-state index in [-0.39, 0.29) is 17.1 Å². The summed E-state index contributed by atoms with van der Waals surface area (Å²) in [5, 5.41) is 0.509. The highest BCUT2D eigenvalue weighted by molar-refractivity contribution is 7.99. The largest absolute Gasteiger partial charge is 0.391 e. The molecule has 0 saturated carbocycles. The summed E-state index contributed by atoms with van der Waals surface area (Å²) in [5.74, 6) is 0.918. The Hall–Kier alpha value is -1.17. The number of H-pyrrole nitrogens is 1. The molecule has 0 radical (unpaired) electrons. The summed E-state index contributed by atoms with van der Waals surface area (Å²) >= 11 is 1.41. The first-order valence-corrected chi connectivity index (χ1v) is 4.41. The quantitative estimate of drug-likeness (QED) is 0.447. The number of anilines is 2. The Morgan fingerprint density at radius 3 is 2.75 bits per heavy atom. The Labute approximate surface area is 73.6 Å². The second kappa shape index (κ2) is 3.48. The Kier molecular flexibility index (Phi) is 2.59. The number of rotatable bonds is 2. The van der Waals surface area contributed by atoms with E-state index in [2.05, 4.69) is 9.97 Å². The van der Waals surface area contributed by atoms with Gasteiger partial charge in [0.05, 0.1) is 0 Å². The van der Waals surface area contributed by atoms with Gasteiger partial charge < -0.3 is 11.5 Å². The third kappa shape index (κ3) is 1.70. The van der Waals surface area contributed by atoms with Crippen molar-refractivity contribution in [1.29, 1.82) is 0 Å². The number of nitrogen functional groups attached to an aromatic ring is 2. The van der Waals surface area contributed by atoms with Gasteiger partial charge in [0.1, 0.15) is 5.69 Å². The first kappa shape index (κ1) is 8.92. The van der Waals surface area contributed by atoms with E-state index in [1.165, 1.54) is 11.8 Å². The van der Waals surface area contributed by atoms with Crippen molar-refractivity contribution in [2.24, 2.45) is 0 Å². The highest BCUT2D eigenvalue weighted by atomic mass is 32.2. The predicted molar refractivity (Wildman–Crippen MR) is 50.1 cm³/mol. The van der Waals surface area contributed by atoms with Crippen molar-refractivity contribution in [2.75, 3.05) is 17.2 Å². The van der Waals surface area contributed by atoms with Gasteiger partial charge in [-0.1, -0.05) is 18.7 Å². The topological polar surface area (TPSA) is 97.8 Å². The van der Waals surface area contributed by atoms with Crippen LogP contribution in [0.25, 0.3) is 0 Å². The fraction of sp³-hybridized carbons (Fsp3) is 0.333. The van der Waals surface area contributed by atoms with E-state index in [0.29, 0.717) is 5.16 Å². The third-order valence-corrected chi connectivity index (χ3v) is 2.00. The summed E-state index contributed by atoms with van der Waals surface area (Å²) in [4.78, 5) is 17.4. The van der Waals surface area contributed by atoms with Gasteiger partial charge in [-0.3, -0.25) is 9.78 Å². The van der Waals surface area contributed by atoms with Crippen LogP contribution in [-0.2, 0) is 0 Å². The molecule has 12 heavy (non-hydrogen) atoms. The molecular formula is C6H10N4OS. The molecule has 0 aliphatic rings. The molecular weight excluding hydrogens is 176 g/mol. The zero-order valence-corrected chi connectivity index (χ0v) is 7.44. The number of aromatic amines is 1. The van der Waals surface area contributed by atoms with Crippen molar-refractivity contribution in [1.82, 2.24) is 9.97 Å². The third-order valence-electron chi connectivity index (χ3n) is 1.24. The van der Waals surface area contributed by atoms with Crippen molar-refractivity contribution < 1.29 is 0 Å². The Bertz CT molecular complexity index is 335. The summed E-state index contributed by atoms with van der Waals surface area (Å²) in [5.41, 5.74) is 10.3. The fourth-order valence-electron chi connectivity index (χ4n) is 0.683. The molecule has 0 saturated heterocycles. The highest BCUT2D eigenvalue weighted by Crippen LogP contribution is 2.13. The van der Waals surface area contributed by atoms with Crippen molar-refractivity contribution in [3.8, 4) is 0 Å². The summed E-state index contributed by atoms with van der Waals surface area (Å²) in [6, 6.07) is 0. The second-order valence-corrected chi connectivity index (χ2v) is 3.36. The van der Waals surface area contributed by atoms with E-state index in [4.69, 9.17) is 11.5 Å². The van der Waals surface area contributed by atoms with Gasteiger partial charge in [-0.25, -0.2) is 4.98 Å². The van der Waals surface area contributed by atoms with Crippen LogP contribution in [0.4, 0.5) is 11.5 Å². The summed E-state index contributed by atoms with van der Waals surface area (Å²) in [6.07, 6.45) is 0. The molecule has 1 rings (SSSR count). The van der Waals surface area contributed by atoms with Crippen molar-refractivity contribution in [3.63, 3.8) is 0 Å². The normalized spacial score (nSPS) is 10.1. The molecule has 6 heteroatoms. The van der Waals surface area contributed by atoms with Crippen LogP contribution in [0.1, 0.15) is 6.92 Å². The van der Waals surface area contributed by atoms with Crippen LogP contribution in [0.15, 0.2) is 9.95 Å². The average molecular weight is 186 g/mol. The molecule has 0 bridgehead atoms. The maximum absolute atomic E-state index is 11.0. The Morgan fingerprint density at radius 2 is 2.25 bits per heavy atom. The second-order valence-electron chi connectivity index (χ2n) is 2.10. The number of thioether (sulfide) groups is 1. The molecule has 0 atom stereocenters. The number of aromatic nitrogens is 2. The van der Waals surface area contributed by atoms with Crippen LogP contribution >= 0.6 is 11.8 Å². The molecule has 5 N–H and O–H groups in total. The van der Waals surface area contributed by atoms with E-state index in [1.807, 2.05) is 6.92 Å². The standard InChI is InChI=1S/C6H10N4OS/c1-2-12-6-9-4(8)3(7)5(11)10-6/h2,7H2,1H3,(H3,8,9,10,11). The minimum atomic E-state index is -0.376. The zero-order valence-electron chi connectivity index (χ0n) is 6.63. The fourth-order valence-corrected chi connectivity index (χ4v) is 1.28. The molecule has 0 amide bonds. The lowest BCUT2D eigenvalue weighted by Crippen LogP contribution is -2.16. The first-order valence-electron chi connectivity index (χ1n) is 3.43. The first-order chi connectivity index (χ1) is 5.65. The van der Waals surface area contributed by atoms with Crippen LogP contribution in [0, 0.1) is 0 Å². The van der Waals surface area contributed by atoms with E-state index < -0.39 is 0 Å². The lowest BCUT2D eigenvalue weighted by atomic mass is 10.5. The predicted octanol–water partition coefficient (Wildman–Crippen LogP) is 0.0463. The molecule has 0 aromatic carbocycles. The number of hydrogen-bond donors (Lipinski definition) is 3. The number of hydrogen-bond acceptors (Lipinski definition) is 5. The maximum Gasteiger partial charge on any atom is 0.276 e. The van der Waals surface area contributed by atoms with Gasteiger partial charge in [0.15, 0.2) is 11.0 Å². The minimum absolute atomic E-state index is 0.0181. The van der Waals surface area contributed by atoms with Gasteiger partial charge in [0, 0.05) is 0 Å². The number of nitrogens with zero attached hydrogens (tertiary/aromatic N) is 1. The molecule has 1 aromatic rings. The van der Waals surface area contributed by atoms with Gasteiger partial charge in [0.25, 0.3) is 5.56 Å². The molecule has 0 spiro atoms. The van der Waals surface area contributed by atoms with Crippen molar-refractivity contribution in [3.05, 3.63) is 10.4 Å². The van der Waals surface area contributed by atoms with Gasteiger partial charge >= 0.3 is 0 Å². The molecule has 0 aliphatic heterocycles. The molecule has 1 heterocycles. The van der Waals surface area contributed by atoms with Crippen molar-refractivity contribution >= 4 is 23.3 Å². The lowest BCUT2D eigenvalue weighted by molar-refractivity contribution is 0.951. The van der Waals surface area contributed by atoms with Gasteiger partial charge in [-0.2, -0.15) is 0 Å². The van der Waals surface area contributed by atoms with E-state index in [1.54, 1.807) is 0 Å². The summed E-state index contributed by atoms with van der Waals surface area (Å²) in [6.45, 7) is 1.96. The Morgan fingerprint density at radius 1 is 1.58 bits per heavy atom. The average Bonchev–Trinajstić information content (AvgIpc) is 2.01. The van der Waals surface area contributed by atoms with Gasteiger partial charge in [-0.05, 0) is 5.75 Å². The highest BCUT2D eigenvalue weighted by Gasteiger charge is 2.03. The molecule has 5 nitrogen and oxygen atoms in total. The number of nitrogens with two attached hydrogens (primary N) is 2.